The van der Waals surface area contributed by atoms with Gasteiger partial charge in [0, 0.05) is 12.4 Å². The molecule has 0 saturated heterocycles. The zero-order valence-corrected chi connectivity index (χ0v) is 6.49. The molecule has 2 aliphatic rings. The summed E-state index contributed by atoms with van der Waals surface area (Å²) >= 11 is 0. The quantitative estimate of drug-likeness (QED) is 0.515. The Labute approximate surface area is 69.8 Å². The first-order valence-corrected chi connectivity index (χ1v) is 3.98. The van der Waals surface area contributed by atoms with Gasteiger partial charge < -0.3 is 9.38 Å². The van der Waals surface area contributed by atoms with Gasteiger partial charge in [-0.1, -0.05) is 12.1 Å². The van der Waals surface area contributed by atoms with E-state index in [4.69, 9.17) is 0 Å². The van der Waals surface area contributed by atoms with Gasteiger partial charge in [0.2, 0.25) is 0 Å². The van der Waals surface area contributed by atoms with Crippen LogP contribution in [0.3, 0.4) is 0 Å². The standard InChI is InChI=1S/C10H8N2/c1-2-8-4-5-10-11-6-7-12(10)9(8)3-1/h1-7,11H. The van der Waals surface area contributed by atoms with Crippen LogP contribution in [0.2, 0.25) is 0 Å². The van der Waals surface area contributed by atoms with E-state index in [1.165, 1.54) is 11.3 Å². The fraction of sp³-hybridized carbons (Fsp3) is 0. The summed E-state index contributed by atoms with van der Waals surface area (Å²) in [5.74, 6) is 0. The van der Waals surface area contributed by atoms with E-state index in [0.29, 0.717) is 0 Å². The minimum Gasteiger partial charge on any atom is -0.346 e. The second kappa shape index (κ2) is 1.91. The lowest BCUT2D eigenvalue weighted by molar-refractivity contribution is 1.20. The molecule has 0 amide bonds. The van der Waals surface area contributed by atoms with Crippen molar-refractivity contribution in [1.29, 1.82) is 0 Å². The van der Waals surface area contributed by atoms with Crippen molar-refractivity contribution in [3.05, 3.63) is 42.7 Å². The highest BCUT2D eigenvalue weighted by Crippen LogP contribution is 2.23. The second-order valence-corrected chi connectivity index (χ2v) is 2.92. The van der Waals surface area contributed by atoms with Gasteiger partial charge in [0.15, 0.2) is 0 Å². The van der Waals surface area contributed by atoms with Crippen LogP contribution in [0.15, 0.2) is 42.7 Å². The third-order valence-corrected chi connectivity index (χ3v) is 2.22. The number of aromatic nitrogens is 2. The molecule has 0 radical (unpaired) electrons. The van der Waals surface area contributed by atoms with Crippen LogP contribution >= 0.6 is 0 Å². The van der Waals surface area contributed by atoms with Crippen LogP contribution in [0.25, 0.3) is 16.9 Å². The fourth-order valence-electron chi connectivity index (χ4n) is 1.64. The average Bonchev–Trinajstić information content (AvgIpc) is 2.71. The normalized spacial score (nSPS) is 11.3. The number of nitrogens with one attached hydrogen (secondary N) is 1. The van der Waals surface area contributed by atoms with E-state index in [1.54, 1.807) is 0 Å². The van der Waals surface area contributed by atoms with Crippen LogP contribution in [0.4, 0.5) is 0 Å². The molecule has 58 valence electrons. The van der Waals surface area contributed by atoms with Crippen LogP contribution in [0, 0.1) is 0 Å². The van der Waals surface area contributed by atoms with Gasteiger partial charge in [-0.05, 0) is 23.8 Å². The molecule has 0 aromatic carbocycles. The van der Waals surface area contributed by atoms with Crippen molar-refractivity contribution in [2.24, 2.45) is 0 Å². The first-order chi connectivity index (χ1) is 5.95. The number of fused-ring (bicyclic) bond motifs is 3. The van der Waals surface area contributed by atoms with E-state index < -0.39 is 0 Å². The first-order valence-electron chi connectivity index (χ1n) is 3.98. The van der Waals surface area contributed by atoms with Crippen molar-refractivity contribution in [3.8, 4) is 11.3 Å². The Bertz CT molecular complexity index is 489. The predicted molar refractivity (Wildman–Crippen MR) is 48.4 cm³/mol. The maximum Gasteiger partial charge on any atom is 0.114 e. The van der Waals surface area contributed by atoms with E-state index in [9.17, 15) is 0 Å². The summed E-state index contributed by atoms with van der Waals surface area (Å²) in [6.07, 6.45) is 3.99. The van der Waals surface area contributed by atoms with Gasteiger partial charge in [-0.25, -0.2) is 0 Å². The van der Waals surface area contributed by atoms with Gasteiger partial charge in [-0.15, -0.1) is 0 Å². The number of nitrogens with zero attached hydrogens (tertiary/aromatic N) is 1. The first kappa shape index (κ1) is 5.89. The molecule has 0 atom stereocenters. The summed E-state index contributed by atoms with van der Waals surface area (Å²) < 4.78 is 2.15. The zero-order valence-electron chi connectivity index (χ0n) is 6.49. The molecule has 0 bridgehead atoms. The van der Waals surface area contributed by atoms with Gasteiger partial charge in [0.25, 0.3) is 0 Å². The molecule has 1 N–H and O–H groups in total. The predicted octanol–water partition coefficient (Wildman–Crippen LogP) is 2.37. The average molecular weight is 156 g/mol. The Kier molecular flexibility index (Phi) is 0.939. The molecule has 2 heteroatoms. The Hall–Kier alpha value is -1.70. The summed E-state index contributed by atoms with van der Waals surface area (Å²) in [6, 6.07) is 10.5. The maximum absolute atomic E-state index is 3.16. The van der Waals surface area contributed by atoms with Crippen molar-refractivity contribution in [3.63, 3.8) is 0 Å². The van der Waals surface area contributed by atoms with Crippen LogP contribution in [0.5, 0.6) is 0 Å². The van der Waals surface area contributed by atoms with Crippen LogP contribution in [-0.2, 0) is 0 Å². The monoisotopic (exact) mass is 156 g/mol. The van der Waals surface area contributed by atoms with Crippen molar-refractivity contribution in [2.45, 2.75) is 0 Å². The molecule has 0 saturated carbocycles. The lowest BCUT2D eigenvalue weighted by atomic mass is 10.2. The van der Waals surface area contributed by atoms with E-state index in [2.05, 4.69) is 39.7 Å². The number of hydrogen-bond donors (Lipinski definition) is 1. The number of H-pyrrole nitrogens is 1. The highest BCUT2D eigenvalue weighted by Gasteiger charge is 2.04. The largest absolute Gasteiger partial charge is 0.346 e. The number of pyridine rings is 1. The lowest BCUT2D eigenvalue weighted by Crippen LogP contribution is -1.87. The van der Waals surface area contributed by atoms with Gasteiger partial charge in [-0.2, -0.15) is 0 Å². The Morgan fingerprint density at radius 2 is 2.08 bits per heavy atom. The molecule has 0 unspecified atom stereocenters. The van der Waals surface area contributed by atoms with Crippen LogP contribution < -0.4 is 0 Å². The van der Waals surface area contributed by atoms with Crippen molar-refractivity contribution >= 4 is 5.65 Å². The van der Waals surface area contributed by atoms with Crippen molar-refractivity contribution in [2.75, 3.05) is 0 Å². The topological polar surface area (TPSA) is 20.2 Å². The molecule has 1 aromatic rings. The zero-order chi connectivity index (χ0) is 7.97. The smallest absolute Gasteiger partial charge is 0.114 e. The summed E-state index contributed by atoms with van der Waals surface area (Å²) in [7, 11) is 0. The van der Waals surface area contributed by atoms with E-state index >= 15 is 0 Å². The third-order valence-electron chi connectivity index (χ3n) is 2.22. The molecule has 1 aliphatic carbocycles. The highest BCUT2D eigenvalue weighted by atomic mass is 15.0. The molecule has 1 aliphatic heterocycles. The molecule has 1 aromatic heterocycles. The minimum absolute atomic E-state index is 1.13. The summed E-state index contributed by atoms with van der Waals surface area (Å²) in [4.78, 5) is 3.16. The van der Waals surface area contributed by atoms with Crippen LogP contribution in [0.1, 0.15) is 0 Å². The molecule has 3 rings (SSSR count). The Balaban J connectivity index is 2.61. The molecule has 0 spiro atoms. The molecular weight excluding hydrogens is 148 g/mol. The maximum atomic E-state index is 3.16. The van der Waals surface area contributed by atoms with Gasteiger partial charge in [0.05, 0.1) is 5.69 Å². The summed E-state index contributed by atoms with van der Waals surface area (Å²) in [5.41, 5.74) is 3.68. The Morgan fingerprint density at radius 1 is 1.08 bits per heavy atom. The lowest BCUT2D eigenvalue weighted by Gasteiger charge is -2.01. The van der Waals surface area contributed by atoms with E-state index in [0.717, 1.165) is 5.65 Å². The minimum atomic E-state index is 1.13. The van der Waals surface area contributed by atoms with Crippen LogP contribution in [-0.4, -0.2) is 9.38 Å². The van der Waals surface area contributed by atoms with Gasteiger partial charge in [-0.3, -0.25) is 0 Å². The molecule has 2 heterocycles. The van der Waals surface area contributed by atoms with Gasteiger partial charge >= 0.3 is 0 Å². The van der Waals surface area contributed by atoms with E-state index in [-0.39, 0.29) is 0 Å². The number of rotatable bonds is 0. The highest BCUT2D eigenvalue weighted by molar-refractivity contribution is 5.67. The molecule has 0 fully saturated rings. The molecule has 12 heavy (non-hydrogen) atoms. The van der Waals surface area contributed by atoms with Gasteiger partial charge in [0.1, 0.15) is 5.65 Å². The summed E-state index contributed by atoms with van der Waals surface area (Å²) in [6.45, 7) is 0. The third kappa shape index (κ3) is 0.593. The summed E-state index contributed by atoms with van der Waals surface area (Å²) in [5, 5.41) is 0. The molecule has 2 nitrogen and oxygen atoms in total. The molecular formula is C10H8N2. The second-order valence-electron chi connectivity index (χ2n) is 2.92. The van der Waals surface area contributed by atoms with Crippen molar-refractivity contribution < 1.29 is 0 Å². The number of hydrogen-bond acceptors (Lipinski definition) is 0. The number of aromatic amines is 1. The Morgan fingerprint density at radius 3 is 3.08 bits per heavy atom. The number of imidazole rings is 1. The SMILES string of the molecule is c1cc2ccc3[nH]ccn3c-2c1. The van der Waals surface area contributed by atoms with E-state index in [1.807, 2.05) is 12.4 Å². The fourth-order valence-corrected chi connectivity index (χ4v) is 1.64. The van der Waals surface area contributed by atoms with Crippen molar-refractivity contribution in [1.82, 2.24) is 9.38 Å².